The lowest BCUT2D eigenvalue weighted by Gasteiger charge is -2.11. The number of para-hydroxylation sites is 1. The zero-order chi connectivity index (χ0) is 19.8. The molecule has 3 rings (SSSR count). The lowest BCUT2D eigenvalue weighted by Crippen LogP contribution is -2.06. The summed E-state index contributed by atoms with van der Waals surface area (Å²) in [5, 5.41) is 6.95. The van der Waals surface area contributed by atoms with Gasteiger partial charge in [-0.25, -0.2) is 25.9 Å². The van der Waals surface area contributed by atoms with Crippen molar-refractivity contribution < 1.29 is 21.2 Å². The molecule has 0 bridgehead atoms. The van der Waals surface area contributed by atoms with E-state index in [9.17, 15) is 21.2 Å². The lowest BCUT2D eigenvalue weighted by atomic mass is 10.3. The van der Waals surface area contributed by atoms with Crippen LogP contribution in [0.15, 0.2) is 64.6 Å². The summed E-state index contributed by atoms with van der Waals surface area (Å²) in [7, 11) is -7.26. The number of halogens is 1. The molecule has 0 saturated carbocycles. The van der Waals surface area contributed by atoms with Crippen LogP contribution in [0.2, 0.25) is 0 Å². The second-order valence-corrected chi connectivity index (χ2v) is 9.95. The molecule has 0 radical (unpaired) electrons. The van der Waals surface area contributed by atoms with Crippen LogP contribution < -0.4 is 5.32 Å². The maximum Gasteiger partial charge on any atom is 0.177 e. The molecule has 3 aromatic rings. The van der Waals surface area contributed by atoms with Crippen molar-refractivity contribution in [2.75, 3.05) is 17.8 Å². The third-order valence-electron chi connectivity index (χ3n) is 3.74. The largest absolute Gasteiger partial charge is 0.352 e. The number of nitrogens with one attached hydrogen (secondary N) is 1. The molecule has 1 N–H and O–H groups in total. The number of sulfone groups is 2. The second-order valence-electron chi connectivity index (χ2n) is 5.95. The van der Waals surface area contributed by atoms with Crippen LogP contribution in [0.4, 0.5) is 15.8 Å². The van der Waals surface area contributed by atoms with Crippen molar-refractivity contribution in [1.29, 1.82) is 0 Å². The highest BCUT2D eigenvalue weighted by Gasteiger charge is 2.18. The summed E-state index contributed by atoms with van der Waals surface area (Å²) in [6, 6.07) is 9.86. The molecule has 10 heteroatoms. The number of hydrogen-bond acceptors (Lipinski definition) is 6. The number of benzene rings is 2. The van der Waals surface area contributed by atoms with Gasteiger partial charge in [-0.1, -0.05) is 12.1 Å². The molecule has 1 aromatic heterocycles. The maximum atomic E-state index is 13.9. The Bertz CT molecular complexity index is 1220. The van der Waals surface area contributed by atoms with Gasteiger partial charge in [-0.15, -0.1) is 0 Å². The fraction of sp³-hybridized carbons (Fsp3) is 0.118. The van der Waals surface area contributed by atoms with E-state index in [-0.39, 0.29) is 21.2 Å². The van der Waals surface area contributed by atoms with Crippen molar-refractivity contribution in [2.24, 2.45) is 0 Å². The number of hydrogen-bond donors (Lipinski definition) is 1. The molecule has 0 aliphatic carbocycles. The minimum absolute atomic E-state index is 0.101. The zero-order valence-electron chi connectivity index (χ0n) is 14.4. The van der Waals surface area contributed by atoms with Gasteiger partial charge < -0.3 is 5.32 Å². The first kappa shape index (κ1) is 19.1. The van der Waals surface area contributed by atoms with Gasteiger partial charge in [-0.2, -0.15) is 5.10 Å². The minimum Gasteiger partial charge on any atom is -0.352 e. The molecule has 2 aromatic carbocycles. The first-order chi connectivity index (χ1) is 12.6. The normalized spacial score (nSPS) is 12.1. The van der Waals surface area contributed by atoms with Crippen LogP contribution in [0, 0.1) is 5.82 Å². The molecule has 0 amide bonds. The van der Waals surface area contributed by atoms with Crippen molar-refractivity contribution in [2.45, 2.75) is 9.79 Å². The molecule has 7 nitrogen and oxygen atoms in total. The van der Waals surface area contributed by atoms with Crippen LogP contribution in [-0.4, -0.2) is 39.1 Å². The van der Waals surface area contributed by atoms with Crippen molar-refractivity contribution >= 4 is 31.0 Å². The van der Waals surface area contributed by atoms with Gasteiger partial charge in [0.1, 0.15) is 11.5 Å². The van der Waals surface area contributed by atoms with Crippen molar-refractivity contribution in [1.82, 2.24) is 9.78 Å². The standard InChI is InChI=1S/C17H16FN3O4S2/c1-26(22,23)13-7-8-15(17(9-13)27(2,24)25)20-12-10-19-21(11-12)16-6-4-3-5-14(16)18/h3-11,20H,1-2H3. The van der Waals surface area contributed by atoms with Crippen LogP contribution in [0.25, 0.3) is 5.69 Å². The van der Waals surface area contributed by atoms with Gasteiger partial charge in [-0.3, -0.25) is 0 Å². The predicted molar refractivity (Wildman–Crippen MR) is 99.5 cm³/mol. The smallest absolute Gasteiger partial charge is 0.177 e. The molecule has 142 valence electrons. The van der Waals surface area contributed by atoms with Crippen molar-refractivity contribution in [3.63, 3.8) is 0 Å². The quantitative estimate of drug-likeness (QED) is 0.695. The molecule has 1 heterocycles. The molecule has 0 aliphatic heterocycles. The fourth-order valence-corrected chi connectivity index (χ4v) is 4.04. The topological polar surface area (TPSA) is 98.1 Å². The molecule has 0 unspecified atom stereocenters. The van der Waals surface area contributed by atoms with Gasteiger partial charge in [0.15, 0.2) is 19.7 Å². The van der Waals surface area contributed by atoms with Gasteiger partial charge in [0, 0.05) is 12.5 Å². The van der Waals surface area contributed by atoms with Gasteiger partial charge >= 0.3 is 0 Å². The van der Waals surface area contributed by atoms with Gasteiger partial charge in [0.05, 0.1) is 33.6 Å². The maximum absolute atomic E-state index is 13.9. The Morgan fingerprint density at radius 2 is 1.70 bits per heavy atom. The Hall–Kier alpha value is -2.72. The third-order valence-corrected chi connectivity index (χ3v) is 5.99. The van der Waals surface area contributed by atoms with Crippen LogP contribution in [0.1, 0.15) is 0 Å². The second kappa shape index (κ2) is 6.78. The SMILES string of the molecule is CS(=O)(=O)c1ccc(Nc2cnn(-c3ccccc3F)c2)c(S(C)(=O)=O)c1. The lowest BCUT2D eigenvalue weighted by molar-refractivity contribution is 0.600. The highest BCUT2D eigenvalue weighted by molar-refractivity contribution is 7.91. The molecule has 27 heavy (non-hydrogen) atoms. The van der Waals surface area contributed by atoms with Crippen molar-refractivity contribution in [3.05, 3.63) is 60.7 Å². The first-order valence-electron chi connectivity index (χ1n) is 7.66. The Kier molecular flexibility index (Phi) is 4.79. The number of aromatic nitrogens is 2. The van der Waals surface area contributed by atoms with Crippen molar-refractivity contribution in [3.8, 4) is 5.69 Å². The number of anilines is 2. The van der Waals surface area contributed by atoms with E-state index in [4.69, 9.17) is 0 Å². The Morgan fingerprint density at radius 3 is 2.33 bits per heavy atom. The van der Waals surface area contributed by atoms with E-state index < -0.39 is 25.5 Å². The molecular weight excluding hydrogens is 393 g/mol. The summed E-state index contributed by atoms with van der Waals surface area (Å²) < 4.78 is 62.8. The summed E-state index contributed by atoms with van der Waals surface area (Å²) in [5.74, 6) is -0.457. The van der Waals surface area contributed by atoms with Crippen LogP contribution in [0.5, 0.6) is 0 Å². The van der Waals surface area contributed by atoms with E-state index in [1.165, 1.54) is 35.3 Å². The summed E-state index contributed by atoms with van der Waals surface area (Å²) in [5.41, 5.74) is 0.842. The Labute approximate surface area is 156 Å². The van der Waals surface area contributed by atoms with E-state index in [0.717, 1.165) is 18.6 Å². The monoisotopic (exact) mass is 409 g/mol. The molecule has 0 spiro atoms. The van der Waals surface area contributed by atoms with E-state index >= 15 is 0 Å². The molecule has 0 fully saturated rings. The van der Waals surface area contributed by atoms with Crippen LogP contribution in [-0.2, 0) is 19.7 Å². The first-order valence-corrected chi connectivity index (χ1v) is 11.4. The molecule has 0 saturated heterocycles. The van der Waals surface area contributed by atoms with Gasteiger partial charge in [0.25, 0.3) is 0 Å². The Morgan fingerprint density at radius 1 is 1.00 bits per heavy atom. The minimum atomic E-state index is -3.70. The summed E-state index contributed by atoms with van der Waals surface area (Å²) >= 11 is 0. The van der Waals surface area contributed by atoms with Gasteiger partial charge in [-0.05, 0) is 30.3 Å². The Balaban J connectivity index is 2.00. The van der Waals surface area contributed by atoms with E-state index in [1.807, 2.05) is 0 Å². The third kappa shape index (κ3) is 4.17. The average molecular weight is 409 g/mol. The fourth-order valence-electron chi connectivity index (χ4n) is 2.46. The predicted octanol–water partition coefficient (Wildman–Crippen LogP) is 2.56. The van der Waals surface area contributed by atoms with E-state index in [1.54, 1.807) is 18.2 Å². The molecule has 0 aliphatic rings. The average Bonchev–Trinajstić information content (AvgIpc) is 3.02. The van der Waals surface area contributed by atoms with Gasteiger partial charge in [0.2, 0.25) is 0 Å². The number of rotatable bonds is 5. The van der Waals surface area contributed by atoms with E-state index in [2.05, 4.69) is 10.4 Å². The van der Waals surface area contributed by atoms with E-state index in [0.29, 0.717) is 5.69 Å². The summed E-state index contributed by atoms with van der Waals surface area (Å²) in [6.07, 6.45) is 4.89. The number of nitrogens with zero attached hydrogens (tertiary/aromatic N) is 2. The zero-order valence-corrected chi connectivity index (χ0v) is 16.1. The highest BCUT2D eigenvalue weighted by atomic mass is 32.2. The molecule has 0 atom stereocenters. The van der Waals surface area contributed by atoms with Crippen LogP contribution >= 0.6 is 0 Å². The summed E-state index contributed by atoms with van der Waals surface area (Å²) in [6.45, 7) is 0. The molecular formula is C17H16FN3O4S2. The summed E-state index contributed by atoms with van der Waals surface area (Å²) in [4.78, 5) is -0.264. The van der Waals surface area contributed by atoms with Crippen LogP contribution in [0.3, 0.4) is 0 Å². The highest BCUT2D eigenvalue weighted by Crippen LogP contribution is 2.28.